The van der Waals surface area contributed by atoms with Gasteiger partial charge >= 0.3 is 0 Å². The summed E-state index contributed by atoms with van der Waals surface area (Å²) in [6.45, 7) is 1.49. The zero-order valence-electron chi connectivity index (χ0n) is 11.2. The fourth-order valence-corrected chi connectivity index (χ4v) is 2.69. The van der Waals surface area contributed by atoms with Crippen LogP contribution in [0.3, 0.4) is 0 Å². The standard InChI is InChI=1S/C16H17FN2O/c17-13-3-1-2-12(10-13)14-4-7-19-16(15(14)18)11-5-8-20-9-6-11/h1-4,7,10-11H,5-6,8-9,18H2. The fourth-order valence-electron chi connectivity index (χ4n) is 2.69. The highest BCUT2D eigenvalue weighted by Gasteiger charge is 2.21. The Morgan fingerprint density at radius 1 is 1.20 bits per heavy atom. The molecule has 1 aliphatic rings. The van der Waals surface area contributed by atoms with Gasteiger partial charge in [-0.25, -0.2) is 4.39 Å². The van der Waals surface area contributed by atoms with Gasteiger partial charge in [0.05, 0.1) is 11.4 Å². The van der Waals surface area contributed by atoms with E-state index in [2.05, 4.69) is 4.98 Å². The molecular weight excluding hydrogens is 255 g/mol. The lowest BCUT2D eigenvalue weighted by molar-refractivity contribution is 0.0846. The average Bonchev–Trinajstić information content (AvgIpc) is 2.48. The molecule has 104 valence electrons. The first kappa shape index (κ1) is 13.1. The second kappa shape index (κ2) is 5.59. The number of nitrogen functional groups attached to an aromatic ring is 1. The van der Waals surface area contributed by atoms with Gasteiger partial charge in [-0.1, -0.05) is 12.1 Å². The largest absolute Gasteiger partial charge is 0.397 e. The molecule has 4 heteroatoms. The van der Waals surface area contributed by atoms with Crippen molar-refractivity contribution in [2.45, 2.75) is 18.8 Å². The topological polar surface area (TPSA) is 48.1 Å². The Kier molecular flexibility index (Phi) is 3.65. The molecule has 20 heavy (non-hydrogen) atoms. The van der Waals surface area contributed by atoms with Gasteiger partial charge in [0, 0.05) is 30.9 Å². The first-order chi connectivity index (χ1) is 9.75. The lowest BCUT2D eigenvalue weighted by Crippen LogP contribution is -2.16. The normalized spacial score (nSPS) is 16.2. The second-order valence-electron chi connectivity index (χ2n) is 5.05. The maximum Gasteiger partial charge on any atom is 0.123 e. The van der Waals surface area contributed by atoms with E-state index < -0.39 is 0 Å². The van der Waals surface area contributed by atoms with Crippen molar-refractivity contribution in [2.75, 3.05) is 18.9 Å². The number of pyridine rings is 1. The summed E-state index contributed by atoms with van der Waals surface area (Å²) in [7, 11) is 0. The number of rotatable bonds is 2. The summed E-state index contributed by atoms with van der Waals surface area (Å²) in [6.07, 6.45) is 3.62. The zero-order chi connectivity index (χ0) is 13.9. The van der Waals surface area contributed by atoms with Gasteiger partial charge in [0.1, 0.15) is 5.82 Å². The first-order valence-electron chi connectivity index (χ1n) is 6.84. The van der Waals surface area contributed by atoms with Crippen LogP contribution in [-0.2, 0) is 4.74 Å². The minimum atomic E-state index is -0.258. The summed E-state index contributed by atoms with van der Waals surface area (Å²) in [5, 5.41) is 0. The van der Waals surface area contributed by atoms with Crippen molar-refractivity contribution in [3.05, 3.63) is 48.0 Å². The van der Waals surface area contributed by atoms with Crippen molar-refractivity contribution in [1.29, 1.82) is 0 Å². The van der Waals surface area contributed by atoms with Crippen LogP contribution in [0.5, 0.6) is 0 Å². The van der Waals surface area contributed by atoms with Crippen LogP contribution < -0.4 is 5.73 Å². The predicted octanol–water partition coefficient (Wildman–Crippen LogP) is 3.36. The van der Waals surface area contributed by atoms with E-state index in [9.17, 15) is 4.39 Å². The Labute approximate surface area is 117 Å². The molecule has 2 heterocycles. The third kappa shape index (κ3) is 2.51. The highest BCUT2D eigenvalue weighted by molar-refractivity contribution is 5.77. The molecule has 0 aliphatic carbocycles. The highest BCUT2D eigenvalue weighted by atomic mass is 19.1. The highest BCUT2D eigenvalue weighted by Crippen LogP contribution is 2.35. The van der Waals surface area contributed by atoms with Crippen LogP contribution in [0.1, 0.15) is 24.5 Å². The van der Waals surface area contributed by atoms with Crippen molar-refractivity contribution in [2.24, 2.45) is 0 Å². The third-order valence-electron chi connectivity index (χ3n) is 3.76. The van der Waals surface area contributed by atoms with Gasteiger partial charge in [-0.05, 0) is 36.6 Å². The summed E-state index contributed by atoms with van der Waals surface area (Å²) in [4.78, 5) is 4.44. The molecule has 1 aliphatic heterocycles. The summed E-state index contributed by atoms with van der Waals surface area (Å²) < 4.78 is 18.7. The van der Waals surface area contributed by atoms with Crippen LogP contribution in [-0.4, -0.2) is 18.2 Å². The lowest BCUT2D eigenvalue weighted by Gasteiger charge is -2.23. The van der Waals surface area contributed by atoms with Gasteiger partial charge in [0.25, 0.3) is 0 Å². The number of anilines is 1. The van der Waals surface area contributed by atoms with Crippen LogP contribution >= 0.6 is 0 Å². The van der Waals surface area contributed by atoms with Gasteiger partial charge in [-0.3, -0.25) is 4.98 Å². The molecule has 0 unspecified atom stereocenters. The molecular formula is C16H17FN2O. The molecule has 0 bridgehead atoms. The van der Waals surface area contributed by atoms with Gasteiger partial charge < -0.3 is 10.5 Å². The van der Waals surface area contributed by atoms with Gasteiger partial charge in [0.2, 0.25) is 0 Å². The number of ether oxygens (including phenoxy) is 1. The number of nitrogens with two attached hydrogens (primary N) is 1. The molecule has 0 spiro atoms. The molecule has 1 fully saturated rings. The van der Waals surface area contributed by atoms with Gasteiger partial charge in [-0.2, -0.15) is 0 Å². The van der Waals surface area contributed by atoms with Crippen molar-refractivity contribution in [3.8, 4) is 11.1 Å². The van der Waals surface area contributed by atoms with Crippen LogP contribution in [0.2, 0.25) is 0 Å². The third-order valence-corrected chi connectivity index (χ3v) is 3.76. The summed E-state index contributed by atoms with van der Waals surface area (Å²) in [5.74, 6) is 0.0728. The molecule has 1 aromatic carbocycles. The van der Waals surface area contributed by atoms with Gasteiger partial charge in [-0.15, -0.1) is 0 Å². The molecule has 0 radical (unpaired) electrons. The van der Waals surface area contributed by atoms with Crippen LogP contribution in [0.4, 0.5) is 10.1 Å². The van der Waals surface area contributed by atoms with Gasteiger partial charge in [0.15, 0.2) is 0 Å². The minimum Gasteiger partial charge on any atom is -0.397 e. The quantitative estimate of drug-likeness (QED) is 0.911. The minimum absolute atomic E-state index is 0.258. The number of nitrogens with zero attached hydrogens (tertiary/aromatic N) is 1. The molecule has 3 rings (SSSR count). The van der Waals surface area contributed by atoms with Crippen LogP contribution in [0.15, 0.2) is 36.5 Å². The zero-order valence-corrected chi connectivity index (χ0v) is 11.2. The molecule has 0 atom stereocenters. The summed E-state index contributed by atoms with van der Waals surface area (Å²) >= 11 is 0. The van der Waals surface area contributed by atoms with Crippen molar-refractivity contribution in [1.82, 2.24) is 4.98 Å². The maximum absolute atomic E-state index is 13.4. The number of hydrogen-bond donors (Lipinski definition) is 1. The number of halogens is 1. The fraction of sp³-hybridized carbons (Fsp3) is 0.312. The SMILES string of the molecule is Nc1c(-c2cccc(F)c2)ccnc1C1CCOCC1. The van der Waals surface area contributed by atoms with E-state index in [0.29, 0.717) is 11.6 Å². The van der Waals surface area contributed by atoms with E-state index in [1.165, 1.54) is 12.1 Å². The summed E-state index contributed by atoms with van der Waals surface area (Å²) in [6, 6.07) is 8.33. The van der Waals surface area contributed by atoms with E-state index in [-0.39, 0.29) is 5.82 Å². The Morgan fingerprint density at radius 2 is 2.00 bits per heavy atom. The second-order valence-corrected chi connectivity index (χ2v) is 5.05. The van der Waals surface area contributed by atoms with Crippen LogP contribution in [0, 0.1) is 5.82 Å². The Bertz CT molecular complexity index is 609. The number of aromatic nitrogens is 1. The molecule has 0 amide bonds. The number of hydrogen-bond acceptors (Lipinski definition) is 3. The lowest BCUT2D eigenvalue weighted by atomic mass is 9.92. The Morgan fingerprint density at radius 3 is 2.75 bits per heavy atom. The van der Waals surface area contributed by atoms with E-state index >= 15 is 0 Å². The van der Waals surface area contributed by atoms with E-state index in [0.717, 1.165) is 42.9 Å². The van der Waals surface area contributed by atoms with Crippen molar-refractivity contribution < 1.29 is 9.13 Å². The number of benzene rings is 1. The van der Waals surface area contributed by atoms with Crippen molar-refractivity contribution in [3.63, 3.8) is 0 Å². The van der Waals surface area contributed by atoms with E-state index in [1.54, 1.807) is 12.3 Å². The summed E-state index contributed by atoms with van der Waals surface area (Å²) in [5.41, 5.74) is 9.48. The van der Waals surface area contributed by atoms with Crippen molar-refractivity contribution >= 4 is 5.69 Å². The molecule has 3 nitrogen and oxygen atoms in total. The molecule has 0 saturated carbocycles. The predicted molar refractivity (Wildman–Crippen MR) is 76.8 cm³/mol. The smallest absolute Gasteiger partial charge is 0.123 e. The average molecular weight is 272 g/mol. The Balaban J connectivity index is 2.00. The molecule has 1 aromatic heterocycles. The Hall–Kier alpha value is -1.94. The first-order valence-corrected chi connectivity index (χ1v) is 6.84. The molecule has 2 aromatic rings. The van der Waals surface area contributed by atoms with E-state index in [1.807, 2.05) is 12.1 Å². The van der Waals surface area contributed by atoms with Crippen LogP contribution in [0.25, 0.3) is 11.1 Å². The van der Waals surface area contributed by atoms with E-state index in [4.69, 9.17) is 10.5 Å². The molecule has 2 N–H and O–H groups in total. The molecule has 1 saturated heterocycles. The monoisotopic (exact) mass is 272 g/mol. The maximum atomic E-state index is 13.4.